The third-order valence-electron chi connectivity index (χ3n) is 4.76. The normalized spacial score (nSPS) is 21.9. The van der Waals surface area contributed by atoms with Gasteiger partial charge in [-0.3, -0.25) is 4.40 Å². The number of pyridine rings is 1. The lowest BCUT2D eigenvalue weighted by molar-refractivity contribution is -0.108. The molecule has 3 heterocycles. The zero-order chi connectivity index (χ0) is 19.0. The van der Waals surface area contributed by atoms with E-state index in [9.17, 15) is 5.11 Å². The maximum absolute atomic E-state index is 11.0. The van der Waals surface area contributed by atoms with Gasteiger partial charge < -0.3 is 19.3 Å². The number of methoxy groups -OCH3 is 1. The molecule has 2 aromatic heterocycles. The first-order valence-corrected chi connectivity index (χ1v) is 9.17. The van der Waals surface area contributed by atoms with Gasteiger partial charge in [0.2, 0.25) is 0 Å². The molecule has 0 radical (unpaired) electrons. The van der Waals surface area contributed by atoms with Crippen molar-refractivity contribution >= 4 is 17.2 Å². The molecule has 6 nitrogen and oxygen atoms in total. The van der Waals surface area contributed by atoms with Gasteiger partial charge in [-0.1, -0.05) is 41.9 Å². The maximum atomic E-state index is 11.0. The number of benzene rings is 1. The predicted molar refractivity (Wildman–Crippen MR) is 101 cm³/mol. The third-order valence-corrected chi connectivity index (χ3v) is 5.22. The molecular weight excluding hydrogens is 368 g/mol. The van der Waals surface area contributed by atoms with E-state index in [2.05, 4.69) is 4.98 Å². The number of imidazole rings is 1. The van der Waals surface area contributed by atoms with Crippen LogP contribution < -0.4 is 4.74 Å². The van der Waals surface area contributed by atoms with Gasteiger partial charge >= 0.3 is 0 Å². The largest absolute Gasteiger partial charge is 0.479 e. The number of hydrogen-bond acceptors (Lipinski definition) is 5. The number of halogens is 1. The summed E-state index contributed by atoms with van der Waals surface area (Å²) in [5.74, 6) is 0.578. The average Bonchev–Trinajstić information content (AvgIpc) is 2.98. The van der Waals surface area contributed by atoms with Gasteiger partial charge in [0.1, 0.15) is 17.4 Å². The quantitative estimate of drug-likeness (QED) is 0.678. The van der Waals surface area contributed by atoms with E-state index in [1.807, 2.05) is 49.5 Å². The fourth-order valence-corrected chi connectivity index (χ4v) is 3.60. The number of hydrogen-bond donors (Lipinski definition) is 1. The number of aromatic nitrogens is 2. The molecule has 3 unspecified atom stereocenters. The van der Waals surface area contributed by atoms with Crippen LogP contribution in [0.2, 0.25) is 5.15 Å². The molecule has 0 saturated heterocycles. The van der Waals surface area contributed by atoms with Crippen molar-refractivity contribution in [3.05, 3.63) is 64.6 Å². The number of aryl methyl sites for hydroxylation is 1. The van der Waals surface area contributed by atoms with Crippen LogP contribution in [0, 0.1) is 6.92 Å². The summed E-state index contributed by atoms with van der Waals surface area (Å²) in [5.41, 5.74) is 2.95. The van der Waals surface area contributed by atoms with Gasteiger partial charge in [-0.15, -0.1) is 0 Å². The van der Waals surface area contributed by atoms with Gasteiger partial charge in [0, 0.05) is 18.9 Å². The maximum Gasteiger partial charge on any atom is 0.181 e. The zero-order valence-electron chi connectivity index (χ0n) is 15.1. The van der Waals surface area contributed by atoms with Crippen LogP contribution in [0.15, 0.2) is 42.6 Å². The molecule has 7 heteroatoms. The van der Waals surface area contributed by atoms with E-state index in [0.717, 1.165) is 11.1 Å². The molecule has 0 saturated carbocycles. The topological polar surface area (TPSA) is 65.2 Å². The van der Waals surface area contributed by atoms with Crippen molar-refractivity contribution < 1.29 is 19.3 Å². The van der Waals surface area contributed by atoms with Gasteiger partial charge in [-0.05, 0) is 18.6 Å². The number of nitrogens with zero attached hydrogens (tertiary/aromatic N) is 2. The minimum Gasteiger partial charge on any atom is -0.479 e. The van der Waals surface area contributed by atoms with E-state index in [-0.39, 0.29) is 0 Å². The Kier molecular flexibility index (Phi) is 5.06. The first-order valence-electron chi connectivity index (χ1n) is 8.79. The van der Waals surface area contributed by atoms with Crippen LogP contribution in [0.4, 0.5) is 0 Å². The van der Waals surface area contributed by atoms with Crippen molar-refractivity contribution in [1.82, 2.24) is 9.38 Å². The Morgan fingerprint density at radius 1 is 1.22 bits per heavy atom. The molecule has 1 aliphatic rings. The Labute approximate surface area is 162 Å². The summed E-state index contributed by atoms with van der Waals surface area (Å²) < 4.78 is 19.1. The highest BCUT2D eigenvalue weighted by Gasteiger charge is 2.40. The molecule has 27 heavy (non-hydrogen) atoms. The molecule has 142 valence electrons. The molecule has 3 atom stereocenters. The Balaban J connectivity index is 1.82. The highest BCUT2D eigenvalue weighted by molar-refractivity contribution is 6.30. The van der Waals surface area contributed by atoms with E-state index in [1.54, 1.807) is 11.5 Å². The second-order valence-electron chi connectivity index (χ2n) is 6.51. The first-order chi connectivity index (χ1) is 13.1. The van der Waals surface area contributed by atoms with Gasteiger partial charge in [-0.25, -0.2) is 4.98 Å². The lowest BCUT2D eigenvalue weighted by Crippen LogP contribution is -2.36. The van der Waals surface area contributed by atoms with Crippen molar-refractivity contribution in [2.45, 2.75) is 25.2 Å². The minimum absolute atomic E-state index is 0.360. The molecule has 1 aromatic carbocycles. The molecule has 0 amide bonds. The lowest BCUT2D eigenvalue weighted by atomic mass is 9.92. The average molecular weight is 389 g/mol. The second kappa shape index (κ2) is 7.48. The van der Waals surface area contributed by atoms with Crippen LogP contribution in [0.3, 0.4) is 0 Å². The number of ether oxygens (including phenoxy) is 3. The molecule has 3 aromatic rings. The number of aliphatic hydroxyl groups excluding tert-OH is 1. The summed E-state index contributed by atoms with van der Waals surface area (Å²) in [6.45, 7) is 2.64. The summed E-state index contributed by atoms with van der Waals surface area (Å²) in [4.78, 5) is 4.55. The van der Waals surface area contributed by atoms with Crippen LogP contribution in [0.25, 0.3) is 5.65 Å². The Morgan fingerprint density at radius 2 is 2.00 bits per heavy atom. The van der Waals surface area contributed by atoms with Gasteiger partial charge in [0.25, 0.3) is 0 Å². The van der Waals surface area contributed by atoms with Gasteiger partial charge in [0.05, 0.1) is 18.9 Å². The zero-order valence-corrected chi connectivity index (χ0v) is 15.9. The van der Waals surface area contributed by atoms with E-state index < -0.39 is 18.3 Å². The van der Waals surface area contributed by atoms with Crippen LogP contribution in [0.5, 0.6) is 5.75 Å². The van der Waals surface area contributed by atoms with E-state index >= 15 is 0 Å². The lowest BCUT2D eigenvalue weighted by Gasteiger charge is -2.36. The summed E-state index contributed by atoms with van der Waals surface area (Å²) in [6, 6.07) is 11.5. The summed E-state index contributed by atoms with van der Waals surface area (Å²) in [7, 11) is 1.61. The van der Waals surface area contributed by atoms with Gasteiger partial charge in [0.15, 0.2) is 17.5 Å². The van der Waals surface area contributed by atoms with Crippen molar-refractivity contribution in [2.75, 3.05) is 20.3 Å². The fraction of sp³-hybridized carbons (Fsp3) is 0.350. The summed E-state index contributed by atoms with van der Waals surface area (Å²) >= 11 is 6.35. The van der Waals surface area contributed by atoms with Gasteiger partial charge in [-0.2, -0.15) is 0 Å². The van der Waals surface area contributed by atoms with Crippen molar-refractivity contribution in [3.63, 3.8) is 0 Å². The summed E-state index contributed by atoms with van der Waals surface area (Å²) in [6.07, 6.45) is -0.184. The van der Waals surface area contributed by atoms with Crippen LogP contribution in [-0.2, 0) is 9.47 Å². The second-order valence-corrected chi connectivity index (χ2v) is 6.86. The molecule has 0 fully saturated rings. The van der Waals surface area contributed by atoms with Crippen molar-refractivity contribution in [3.8, 4) is 5.75 Å². The Morgan fingerprint density at radius 3 is 2.74 bits per heavy atom. The smallest absolute Gasteiger partial charge is 0.181 e. The van der Waals surface area contributed by atoms with E-state index in [4.69, 9.17) is 25.8 Å². The van der Waals surface area contributed by atoms with Crippen LogP contribution in [0.1, 0.15) is 29.0 Å². The molecule has 1 N–H and O–H groups in total. The molecule has 4 rings (SSSR count). The number of aliphatic hydroxyl groups is 1. The van der Waals surface area contributed by atoms with Crippen LogP contribution >= 0.6 is 11.6 Å². The SMILES string of the molecule is COCCOC1c2ccn3c(Cl)c(C)nc3c2OC(c2ccccc2)C1O. The minimum atomic E-state index is -0.870. The molecule has 0 bridgehead atoms. The third kappa shape index (κ3) is 3.19. The van der Waals surface area contributed by atoms with Crippen molar-refractivity contribution in [2.24, 2.45) is 0 Å². The van der Waals surface area contributed by atoms with Crippen LogP contribution in [-0.4, -0.2) is 40.9 Å². The molecule has 0 spiro atoms. The first kappa shape index (κ1) is 18.3. The fourth-order valence-electron chi connectivity index (χ4n) is 3.42. The highest BCUT2D eigenvalue weighted by Crippen LogP contribution is 2.45. The number of fused-ring (bicyclic) bond motifs is 3. The Hall–Kier alpha value is -2.12. The number of rotatable bonds is 5. The molecular formula is C20H21ClN2O4. The van der Waals surface area contributed by atoms with E-state index in [1.165, 1.54) is 0 Å². The summed E-state index contributed by atoms with van der Waals surface area (Å²) in [5, 5.41) is 11.6. The predicted octanol–water partition coefficient (Wildman–Crippen LogP) is 3.49. The Bertz CT molecular complexity index is 944. The monoisotopic (exact) mass is 388 g/mol. The standard InChI is InChI=1S/C20H21ClN2O4/c1-12-19(21)23-9-8-14-17(26-11-10-25-2)15(24)16(13-6-4-3-5-7-13)27-18(14)20(23)22-12/h3-9,15-17,24H,10-11H2,1-2H3. The molecule has 1 aliphatic heterocycles. The highest BCUT2D eigenvalue weighted by atomic mass is 35.5. The van der Waals surface area contributed by atoms with Crippen molar-refractivity contribution in [1.29, 1.82) is 0 Å². The van der Waals surface area contributed by atoms with E-state index in [0.29, 0.717) is 35.5 Å². The molecule has 0 aliphatic carbocycles.